The summed E-state index contributed by atoms with van der Waals surface area (Å²) in [5.41, 5.74) is 1.16. The van der Waals surface area contributed by atoms with Crippen molar-refractivity contribution in [1.82, 2.24) is 0 Å². The van der Waals surface area contributed by atoms with Crippen molar-refractivity contribution in [2.45, 2.75) is 19.1 Å². The highest BCUT2D eigenvalue weighted by molar-refractivity contribution is 5.13. The Bertz CT molecular complexity index is 348. The molecular weight excluding hydrogens is 216 g/mol. The van der Waals surface area contributed by atoms with Crippen molar-refractivity contribution in [2.75, 3.05) is 13.2 Å². The van der Waals surface area contributed by atoms with Gasteiger partial charge in [0, 0.05) is 12.5 Å². The zero-order chi connectivity index (χ0) is 11.9. The smallest absolute Gasteiger partial charge is 0.114 e. The van der Waals surface area contributed by atoms with Gasteiger partial charge in [-0.1, -0.05) is 30.3 Å². The summed E-state index contributed by atoms with van der Waals surface area (Å²) in [6.07, 6.45) is 4.42. The van der Waals surface area contributed by atoms with Gasteiger partial charge >= 0.3 is 0 Å². The number of aliphatic hydroxyl groups is 1. The normalized spacial score (nSPS) is 23.4. The van der Waals surface area contributed by atoms with Crippen LogP contribution in [0.25, 0.3) is 0 Å². The second-order valence-corrected chi connectivity index (χ2v) is 4.17. The molecule has 0 saturated carbocycles. The molecule has 2 atom stereocenters. The third kappa shape index (κ3) is 3.58. The van der Waals surface area contributed by atoms with Crippen LogP contribution >= 0.6 is 0 Å². The average Bonchev–Trinajstić information content (AvgIpc) is 2.39. The minimum atomic E-state index is 0.0346. The van der Waals surface area contributed by atoms with E-state index in [1.165, 1.54) is 0 Å². The van der Waals surface area contributed by atoms with E-state index in [0.717, 1.165) is 12.0 Å². The van der Waals surface area contributed by atoms with Gasteiger partial charge in [0.25, 0.3) is 0 Å². The fourth-order valence-electron chi connectivity index (χ4n) is 1.93. The largest absolute Gasteiger partial charge is 0.499 e. The first-order valence-corrected chi connectivity index (χ1v) is 5.95. The van der Waals surface area contributed by atoms with Crippen molar-refractivity contribution in [3.8, 4) is 0 Å². The molecule has 0 bridgehead atoms. The van der Waals surface area contributed by atoms with Gasteiger partial charge in [-0.25, -0.2) is 0 Å². The molecule has 3 nitrogen and oxygen atoms in total. The van der Waals surface area contributed by atoms with Crippen LogP contribution in [0.1, 0.15) is 12.0 Å². The molecule has 0 amide bonds. The second kappa shape index (κ2) is 6.42. The number of rotatable bonds is 5. The van der Waals surface area contributed by atoms with Gasteiger partial charge in [0.15, 0.2) is 0 Å². The van der Waals surface area contributed by atoms with Crippen LogP contribution in [0.4, 0.5) is 0 Å². The lowest BCUT2D eigenvalue weighted by Gasteiger charge is -2.27. The van der Waals surface area contributed by atoms with Crippen molar-refractivity contribution >= 4 is 0 Å². The van der Waals surface area contributed by atoms with E-state index in [-0.39, 0.29) is 18.6 Å². The van der Waals surface area contributed by atoms with Crippen molar-refractivity contribution in [3.05, 3.63) is 48.2 Å². The third-order valence-corrected chi connectivity index (χ3v) is 2.93. The molecular formula is C14H18O3. The maximum Gasteiger partial charge on any atom is 0.114 e. The van der Waals surface area contributed by atoms with Crippen molar-refractivity contribution in [2.24, 2.45) is 5.92 Å². The topological polar surface area (TPSA) is 38.7 Å². The van der Waals surface area contributed by atoms with E-state index in [1.54, 1.807) is 6.26 Å². The van der Waals surface area contributed by atoms with Gasteiger partial charge in [-0.05, 0) is 18.1 Å². The molecule has 0 saturated heterocycles. The maximum atomic E-state index is 8.99. The quantitative estimate of drug-likeness (QED) is 0.848. The first kappa shape index (κ1) is 12.1. The Labute approximate surface area is 102 Å². The van der Waals surface area contributed by atoms with E-state index in [0.29, 0.717) is 13.2 Å². The number of ether oxygens (including phenoxy) is 2. The Morgan fingerprint density at radius 2 is 2.12 bits per heavy atom. The first-order valence-electron chi connectivity index (χ1n) is 5.95. The summed E-state index contributed by atoms with van der Waals surface area (Å²) in [7, 11) is 0. The molecule has 0 spiro atoms. The summed E-state index contributed by atoms with van der Waals surface area (Å²) in [4.78, 5) is 0. The van der Waals surface area contributed by atoms with Gasteiger partial charge in [-0.2, -0.15) is 0 Å². The highest BCUT2D eigenvalue weighted by atomic mass is 16.5. The van der Waals surface area contributed by atoms with Crippen LogP contribution in [0.5, 0.6) is 0 Å². The average molecular weight is 234 g/mol. The molecule has 0 radical (unpaired) electrons. The van der Waals surface area contributed by atoms with Gasteiger partial charge in [0.1, 0.15) is 6.61 Å². The predicted molar refractivity (Wildman–Crippen MR) is 65.3 cm³/mol. The lowest BCUT2D eigenvalue weighted by molar-refractivity contribution is -0.0398. The predicted octanol–water partition coefficient (Wildman–Crippen LogP) is 2.11. The van der Waals surface area contributed by atoms with E-state index >= 15 is 0 Å². The summed E-state index contributed by atoms with van der Waals surface area (Å²) in [6.45, 7) is 1.33. The van der Waals surface area contributed by atoms with Crippen LogP contribution in [-0.4, -0.2) is 24.4 Å². The zero-order valence-corrected chi connectivity index (χ0v) is 9.79. The van der Waals surface area contributed by atoms with E-state index < -0.39 is 0 Å². The van der Waals surface area contributed by atoms with E-state index in [9.17, 15) is 0 Å². The minimum Gasteiger partial charge on any atom is -0.499 e. The summed E-state index contributed by atoms with van der Waals surface area (Å²) in [5, 5.41) is 8.99. The van der Waals surface area contributed by atoms with Gasteiger partial charge in [0.05, 0.1) is 19.0 Å². The SMILES string of the molecule is OCC[C@H]1C=COC[C@H]1OCc1ccccc1. The van der Waals surface area contributed by atoms with Crippen LogP contribution in [0, 0.1) is 5.92 Å². The number of hydrogen-bond donors (Lipinski definition) is 1. The Morgan fingerprint density at radius 1 is 1.29 bits per heavy atom. The molecule has 1 aromatic rings. The fourth-order valence-corrected chi connectivity index (χ4v) is 1.93. The van der Waals surface area contributed by atoms with Crippen LogP contribution in [0.2, 0.25) is 0 Å². The summed E-state index contributed by atoms with van der Waals surface area (Å²) < 4.78 is 11.1. The molecule has 17 heavy (non-hydrogen) atoms. The van der Waals surface area contributed by atoms with E-state index in [2.05, 4.69) is 0 Å². The first-order chi connectivity index (χ1) is 8.40. The Balaban J connectivity index is 1.87. The summed E-state index contributed by atoms with van der Waals surface area (Å²) in [5.74, 6) is 0.248. The monoisotopic (exact) mass is 234 g/mol. The van der Waals surface area contributed by atoms with Crippen LogP contribution in [0.15, 0.2) is 42.7 Å². The number of benzene rings is 1. The highest BCUT2D eigenvalue weighted by Crippen LogP contribution is 2.20. The molecule has 0 aromatic heterocycles. The molecule has 1 heterocycles. The second-order valence-electron chi connectivity index (χ2n) is 4.17. The van der Waals surface area contributed by atoms with Crippen LogP contribution < -0.4 is 0 Å². The molecule has 1 aromatic carbocycles. The molecule has 0 unspecified atom stereocenters. The number of aliphatic hydroxyl groups excluding tert-OH is 1. The van der Waals surface area contributed by atoms with Crippen molar-refractivity contribution in [1.29, 1.82) is 0 Å². The Morgan fingerprint density at radius 3 is 2.88 bits per heavy atom. The van der Waals surface area contributed by atoms with E-state index in [4.69, 9.17) is 14.6 Å². The molecule has 92 valence electrons. The maximum absolute atomic E-state index is 8.99. The van der Waals surface area contributed by atoms with Crippen molar-refractivity contribution < 1.29 is 14.6 Å². The third-order valence-electron chi connectivity index (χ3n) is 2.93. The summed E-state index contributed by atoms with van der Waals surface area (Å²) >= 11 is 0. The molecule has 3 heteroatoms. The molecule has 1 aliphatic heterocycles. The molecule has 1 aliphatic rings. The molecule has 0 fully saturated rings. The Hall–Kier alpha value is -1.32. The van der Waals surface area contributed by atoms with Gasteiger partial charge in [-0.3, -0.25) is 0 Å². The molecule has 0 aliphatic carbocycles. The molecule has 1 N–H and O–H groups in total. The molecule has 2 rings (SSSR count). The standard InChI is InChI=1S/C14H18O3/c15-8-6-13-7-9-16-11-14(13)17-10-12-4-2-1-3-5-12/h1-5,7,9,13-15H,6,8,10-11H2/t13-,14+/m0/s1. The highest BCUT2D eigenvalue weighted by Gasteiger charge is 2.23. The van der Waals surface area contributed by atoms with Gasteiger partial charge < -0.3 is 14.6 Å². The van der Waals surface area contributed by atoms with Crippen LogP contribution in [0.3, 0.4) is 0 Å². The zero-order valence-electron chi connectivity index (χ0n) is 9.79. The van der Waals surface area contributed by atoms with Crippen molar-refractivity contribution in [3.63, 3.8) is 0 Å². The minimum absolute atomic E-state index is 0.0346. The lowest BCUT2D eigenvalue weighted by atomic mass is 9.98. The lowest BCUT2D eigenvalue weighted by Crippen LogP contribution is -2.30. The van der Waals surface area contributed by atoms with E-state index in [1.807, 2.05) is 36.4 Å². The summed E-state index contributed by atoms with van der Waals surface area (Å²) in [6, 6.07) is 10.1. The van der Waals surface area contributed by atoms with Gasteiger partial charge in [0.2, 0.25) is 0 Å². The number of hydrogen-bond acceptors (Lipinski definition) is 3. The Kier molecular flexibility index (Phi) is 4.59. The fraction of sp³-hybridized carbons (Fsp3) is 0.429. The van der Waals surface area contributed by atoms with Gasteiger partial charge in [-0.15, -0.1) is 0 Å². The van der Waals surface area contributed by atoms with Crippen LogP contribution in [-0.2, 0) is 16.1 Å².